The lowest BCUT2D eigenvalue weighted by molar-refractivity contribution is -0.155. The van der Waals surface area contributed by atoms with Crippen LogP contribution in [0.2, 0.25) is 0 Å². The lowest BCUT2D eigenvalue weighted by Crippen LogP contribution is -2.44. The molecule has 4 rings (SSSR count). The first kappa shape index (κ1) is 22.9. The second-order valence-electron chi connectivity index (χ2n) is 9.09. The van der Waals surface area contributed by atoms with Crippen LogP contribution < -0.4 is 5.73 Å². The van der Waals surface area contributed by atoms with Crippen molar-refractivity contribution in [3.05, 3.63) is 29.7 Å². The lowest BCUT2D eigenvalue weighted by atomic mass is 9.69. The Kier molecular flexibility index (Phi) is 5.94. The zero-order chi connectivity index (χ0) is 23.1. The molecule has 1 atom stereocenters. The van der Waals surface area contributed by atoms with E-state index in [0.29, 0.717) is 29.7 Å². The molecule has 0 radical (unpaired) electrons. The fraction of sp³-hybridized carbons (Fsp3) is 0.682. The van der Waals surface area contributed by atoms with Crippen molar-refractivity contribution in [2.24, 2.45) is 11.7 Å². The molecule has 2 saturated carbocycles. The number of fused-ring (bicyclic) bond motifs is 1. The molecule has 6 nitrogen and oxygen atoms in total. The van der Waals surface area contributed by atoms with Gasteiger partial charge in [-0.3, -0.25) is 4.79 Å². The van der Waals surface area contributed by atoms with Crippen LogP contribution in [0.5, 0.6) is 0 Å². The summed E-state index contributed by atoms with van der Waals surface area (Å²) in [5, 5.41) is 4.33. The van der Waals surface area contributed by atoms with Gasteiger partial charge in [0.25, 0.3) is 0 Å². The normalized spacial score (nSPS) is 23.7. The van der Waals surface area contributed by atoms with Gasteiger partial charge < -0.3 is 10.5 Å². The number of imidazole rings is 1. The van der Waals surface area contributed by atoms with E-state index < -0.39 is 42.1 Å². The van der Waals surface area contributed by atoms with Crippen LogP contribution in [0, 0.1) is 5.92 Å². The van der Waals surface area contributed by atoms with Gasteiger partial charge in [-0.1, -0.05) is 0 Å². The van der Waals surface area contributed by atoms with Crippen LogP contribution in [-0.2, 0) is 14.9 Å². The average molecular weight is 456 g/mol. The molecule has 2 aromatic rings. The molecular weight excluding hydrogens is 428 g/mol. The minimum atomic E-state index is -2.81. The van der Waals surface area contributed by atoms with Gasteiger partial charge in [-0.15, -0.1) is 0 Å². The molecule has 0 aliphatic heterocycles. The highest BCUT2D eigenvalue weighted by Crippen LogP contribution is 2.46. The van der Waals surface area contributed by atoms with Crippen LogP contribution >= 0.6 is 0 Å². The number of hydrogen-bond donors (Lipinski definition) is 1. The first-order valence-corrected chi connectivity index (χ1v) is 11.1. The van der Waals surface area contributed by atoms with Crippen molar-refractivity contribution in [2.75, 3.05) is 6.61 Å². The number of ether oxygens (including phenoxy) is 1. The summed E-state index contributed by atoms with van der Waals surface area (Å²) in [6, 6.07) is 1.15. The van der Waals surface area contributed by atoms with Crippen molar-refractivity contribution in [1.29, 1.82) is 0 Å². The van der Waals surface area contributed by atoms with E-state index in [1.807, 2.05) is 0 Å². The van der Waals surface area contributed by atoms with E-state index in [2.05, 4.69) is 10.1 Å². The first-order chi connectivity index (χ1) is 15.1. The number of rotatable bonds is 5. The summed E-state index contributed by atoms with van der Waals surface area (Å²) in [4.78, 5) is 17.4. The zero-order valence-electron chi connectivity index (χ0n) is 18.0. The van der Waals surface area contributed by atoms with Crippen LogP contribution in [0.1, 0.15) is 75.6 Å². The maximum absolute atomic E-state index is 13.8. The molecule has 2 fully saturated rings. The van der Waals surface area contributed by atoms with Gasteiger partial charge in [-0.05, 0) is 50.2 Å². The van der Waals surface area contributed by atoms with Crippen molar-refractivity contribution >= 4 is 11.6 Å². The van der Waals surface area contributed by atoms with E-state index in [9.17, 15) is 22.4 Å². The van der Waals surface area contributed by atoms with Gasteiger partial charge in [0.2, 0.25) is 11.8 Å². The monoisotopic (exact) mass is 456 g/mol. The number of hydrogen-bond acceptors (Lipinski definition) is 5. The van der Waals surface area contributed by atoms with Crippen molar-refractivity contribution < 1.29 is 27.1 Å². The van der Waals surface area contributed by atoms with Gasteiger partial charge in [0, 0.05) is 25.7 Å². The number of halogens is 4. The Hall–Kier alpha value is -2.23. The Morgan fingerprint density at radius 1 is 1.16 bits per heavy atom. The Labute approximate surface area is 183 Å². The van der Waals surface area contributed by atoms with Crippen molar-refractivity contribution in [3.8, 4) is 0 Å². The fourth-order valence-corrected chi connectivity index (χ4v) is 4.90. The summed E-state index contributed by atoms with van der Waals surface area (Å²) in [7, 11) is 0. The Morgan fingerprint density at radius 2 is 1.78 bits per heavy atom. The highest BCUT2D eigenvalue weighted by molar-refractivity contribution is 5.83. The van der Waals surface area contributed by atoms with Crippen molar-refractivity contribution in [1.82, 2.24) is 14.6 Å². The van der Waals surface area contributed by atoms with E-state index in [1.54, 1.807) is 19.2 Å². The summed E-state index contributed by atoms with van der Waals surface area (Å²) in [5.41, 5.74) is 6.59. The lowest BCUT2D eigenvalue weighted by Gasteiger charge is -2.38. The van der Waals surface area contributed by atoms with Crippen LogP contribution in [0.3, 0.4) is 0 Å². The molecule has 0 aromatic carbocycles. The van der Waals surface area contributed by atoms with E-state index in [4.69, 9.17) is 10.5 Å². The Morgan fingerprint density at radius 3 is 2.41 bits per heavy atom. The highest BCUT2D eigenvalue weighted by atomic mass is 19.3. The zero-order valence-corrected chi connectivity index (χ0v) is 18.0. The number of aromatic nitrogens is 3. The molecule has 2 aliphatic rings. The smallest absolute Gasteiger partial charge is 0.316 e. The predicted molar refractivity (Wildman–Crippen MR) is 109 cm³/mol. The van der Waals surface area contributed by atoms with E-state index in [1.165, 1.54) is 10.7 Å². The molecule has 2 N–H and O–H groups in total. The quantitative estimate of drug-likeness (QED) is 0.527. The number of carbonyl (C=O) groups is 1. The number of nitrogens with two attached hydrogens (primary N) is 1. The molecule has 0 saturated heterocycles. The Balaban J connectivity index is 1.62. The highest BCUT2D eigenvalue weighted by Gasteiger charge is 2.50. The minimum Gasteiger partial charge on any atom is -0.465 e. The summed E-state index contributed by atoms with van der Waals surface area (Å²) in [6.07, 6.45) is 2.51. The fourth-order valence-electron chi connectivity index (χ4n) is 4.90. The molecule has 176 valence electrons. The molecule has 2 aromatic heterocycles. The largest absolute Gasteiger partial charge is 0.465 e. The minimum absolute atomic E-state index is 0.0416. The molecule has 0 unspecified atom stereocenters. The van der Waals surface area contributed by atoms with Crippen molar-refractivity contribution in [2.45, 2.75) is 81.6 Å². The van der Waals surface area contributed by atoms with Gasteiger partial charge >= 0.3 is 5.97 Å². The third-order valence-electron chi connectivity index (χ3n) is 7.00. The molecular formula is C22H28F4N4O2. The van der Waals surface area contributed by atoms with Crippen molar-refractivity contribution in [3.63, 3.8) is 0 Å². The maximum atomic E-state index is 13.8. The van der Waals surface area contributed by atoms with Crippen LogP contribution in [0.15, 0.2) is 18.5 Å². The van der Waals surface area contributed by atoms with E-state index in [0.717, 1.165) is 0 Å². The summed E-state index contributed by atoms with van der Waals surface area (Å²) < 4.78 is 61.4. The number of nitrogens with zero attached hydrogens (tertiary/aromatic N) is 3. The van der Waals surface area contributed by atoms with Gasteiger partial charge in [0.15, 0.2) is 5.65 Å². The molecule has 32 heavy (non-hydrogen) atoms. The van der Waals surface area contributed by atoms with Crippen LogP contribution in [-0.4, -0.2) is 39.0 Å². The van der Waals surface area contributed by atoms with Gasteiger partial charge in [0.1, 0.15) is 0 Å². The first-order valence-electron chi connectivity index (χ1n) is 11.1. The van der Waals surface area contributed by atoms with Crippen LogP contribution in [0.25, 0.3) is 5.65 Å². The summed E-state index contributed by atoms with van der Waals surface area (Å²) in [6.45, 7) is 1.82. The molecule has 2 aliphatic carbocycles. The maximum Gasteiger partial charge on any atom is 0.316 e. The summed E-state index contributed by atoms with van der Waals surface area (Å²) >= 11 is 0. The number of carbonyl (C=O) groups excluding carboxylic acids is 1. The number of esters is 1. The Bertz CT molecular complexity index is 973. The third kappa shape index (κ3) is 4.33. The second-order valence-corrected chi connectivity index (χ2v) is 9.09. The van der Waals surface area contributed by atoms with E-state index in [-0.39, 0.29) is 38.2 Å². The predicted octanol–water partition coefficient (Wildman–Crippen LogP) is 4.56. The SMILES string of the molecule is CCOC(=O)C1(c2cnn3cc([C@@H](N)C4CCC(F)(F)CC4)nc3c2)CCC(F)(F)CC1. The molecule has 0 spiro atoms. The van der Waals surface area contributed by atoms with Gasteiger partial charge in [-0.2, -0.15) is 5.10 Å². The van der Waals surface area contributed by atoms with Gasteiger partial charge in [-0.25, -0.2) is 27.1 Å². The molecule has 0 amide bonds. The third-order valence-corrected chi connectivity index (χ3v) is 7.00. The summed E-state index contributed by atoms with van der Waals surface area (Å²) in [5.74, 6) is -6.08. The topological polar surface area (TPSA) is 82.5 Å². The molecule has 0 bridgehead atoms. The molecule has 10 heteroatoms. The second kappa shape index (κ2) is 8.28. The van der Waals surface area contributed by atoms with Gasteiger partial charge in [0.05, 0.1) is 36.2 Å². The van der Waals surface area contributed by atoms with E-state index >= 15 is 0 Å². The standard InChI is InChI=1S/C22H28F4N4O2/c1-2-32-19(31)20(7-9-22(25,26)10-8-20)15-11-17-29-16(13-30(17)28-12-15)18(27)14-3-5-21(23,24)6-4-14/h11-14,18H,2-10,27H2,1H3/t18-/m0/s1. The number of alkyl halides is 4. The molecule has 2 heterocycles. The average Bonchev–Trinajstić information content (AvgIpc) is 3.17. The van der Waals surface area contributed by atoms with Crippen LogP contribution in [0.4, 0.5) is 17.6 Å².